The van der Waals surface area contributed by atoms with E-state index in [2.05, 4.69) is 5.32 Å². The Morgan fingerprint density at radius 1 is 1.33 bits per heavy atom. The number of rotatable bonds is 4. The number of aliphatic hydroxyl groups is 1. The number of hydrogen-bond acceptors (Lipinski definition) is 3. The minimum atomic E-state index is -0.723. The van der Waals surface area contributed by atoms with Gasteiger partial charge in [-0.15, -0.1) is 0 Å². The molecule has 0 aromatic heterocycles. The zero-order valence-electron chi connectivity index (χ0n) is 9.54. The molecule has 3 N–H and O–H groups in total. The maximum absolute atomic E-state index is 9.56. The van der Waals surface area contributed by atoms with E-state index < -0.39 is 5.60 Å². The van der Waals surface area contributed by atoms with Crippen molar-refractivity contribution in [2.45, 2.75) is 32.9 Å². The third kappa shape index (κ3) is 4.32. The molecule has 3 nitrogen and oxygen atoms in total. The average molecular weight is 209 g/mol. The van der Waals surface area contributed by atoms with E-state index in [9.17, 15) is 10.2 Å². The van der Waals surface area contributed by atoms with Crippen LogP contribution in [0.1, 0.15) is 25.0 Å². The summed E-state index contributed by atoms with van der Waals surface area (Å²) in [5, 5.41) is 22.2. The molecular weight excluding hydrogens is 190 g/mol. The van der Waals surface area contributed by atoms with Crippen LogP contribution < -0.4 is 5.32 Å². The Labute approximate surface area is 90.8 Å². The van der Waals surface area contributed by atoms with Gasteiger partial charge in [0.2, 0.25) is 0 Å². The molecule has 1 rings (SSSR count). The Bertz CT molecular complexity index is 329. The largest absolute Gasteiger partial charge is 0.508 e. The zero-order valence-corrected chi connectivity index (χ0v) is 9.54. The number of phenols is 1. The van der Waals surface area contributed by atoms with Crippen molar-refractivity contribution in [1.82, 2.24) is 5.32 Å². The predicted molar refractivity (Wildman–Crippen MR) is 60.8 cm³/mol. The second-order valence-corrected chi connectivity index (χ2v) is 4.55. The lowest BCUT2D eigenvalue weighted by molar-refractivity contribution is 0.0794. The summed E-state index contributed by atoms with van der Waals surface area (Å²) < 4.78 is 0. The molecule has 0 aliphatic heterocycles. The third-order valence-corrected chi connectivity index (χ3v) is 2.11. The first-order valence-electron chi connectivity index (χ1n) is 5.10. The van der Waals surface area contributed by atoms with E-state index in [-0.39, 0.29) is 0 Å². The van der Waals surface area contributed by atoms with Gasteiger partial charge in [0.15, 0.2) is 0 Å². The summed E-state index contributed by atoms with van der Waals surface area (Å²) >= 11 is 0. The van der Waals surface area contributed by atoms with E-state index >= 15 is 0 Å². The number of aromatic hydroxyl groups is 1. The van der Waals surface area contributed by atoms with Crippen LogP contribution in [0.5, 0.6) is 5.75 Å². The Morgan fingerprint density at radius 2 is 2.00 bits per heavy atom. The predicted octanol–water partition coefficient (Wildman–Crippen LogP) is 1.56. The quantitative estimate of drug-likeness (QED) is 0.705. The van der Waals surface area contributed by atoms with Gasteiger partial charge in [0.05, 0.1) is 5.60 Å². The second-order valence-electron chi connectivity index (χ2n) is 4.55. The number of benzene rings is 1. The van der Waals surface area contributed by atoms with Crippen LogP contribution in [0.2, 0.25) is 0 Å². The van der Waals surface area contributed by atoms with Crippen LogP contribution in [0.4, 0.5) is 0 Å². The fourth-order valence-electron chi connectivity index (χ4n) is 1.36. The Balaban J connectivity index is 2.54. The summed E-state index contributed by atoms with van der Waals surface area (Å²) in [4.78, 5) is 0. The molecule has 0 saturated carbocycles. The number of nitrogens with one attached hydrogen (secondary N) is 1. The molecule has 0 fully saturated rings. The van der Waals surface area contributed by atoms with E-state index in [1.807, 2.05) is 19.1 Å². The first-order valence-corrected chi connectivity index (χ1v) is 5.10. The zero-order chi connectivity index (χ0) is 11.5. The Morgan fingerprint density at radius 3 is 2.60 bits per heavy atom. The molecule has 0 amide bonds. The van der Waals surface area contributed by atoms with Crippen molar-refractivity contribution < 1.29 is 10.2 Å². The molecule has 0 unspecified atom stereocenters. The lowest BCUT2D eigenvalue weighted by Gasteiger charge is -2.18. The lowest BCUT2D eigenvalue weighted by atomic mass is 10.1. The molecule has 1 aromatic carbocycles. The van der Waals surface area contributed by atoms with Crippen molar-refractivity contribution in [1.29, 1.82) is 0 Å². The fourth-order valence-corrected chi connectivity index (χ4v) is 1.36. The van der Waals surface area contributed by atoms with Gasteiger partial charge in [0.25, 0.3) is 0 Å². The summed E-state index contributed by atoms with van der Waals surface area (Å²) in [5.41, 5.74) is 1.26. The molecule has 0 atom stereocenters. The standard InChI is InChI=1S/C12H19NO2/c1-9-4-5-11(14)10(6-9)7-13-8-12(2,3)15/h4-6,13-15H,7-8H2,1-3H3. The molecular formula is C12H19NO2. The molecule has 0 radical (unpaired) electrons. The van der Waals surface area contributed by atoms with Gasteiger partial charge in [-0.25, -0.2) is 0 Å². The molecule has 0 bridgehead atoms. The van der Waals surface area contributed by atoms with Gasteiger partial charge in [-0.3, -0.25) is 0 Å². The molecule has 0 saturated heterocycles. The van der Waals surface area contributed by atoms with Crippen molar-refractivity contribution in [3.05, 3.63) is 29.3 Å². The van der Waals surface area contributed by atoms with E-state index in [0.717, 1.165) is 11.1 Å². The van der Waals surface area contributed by atoms with Crippen LogP contribution in [-0.2, 0) is 6.54 Å². The van der Waals surface area contributed by atoms with E-state index in [4.69, 9.17) is 0 Å². The van der Waals surface area contributed by atoms with Crippen molar-refractivity contribution >= 4 is 0 Å². The molecule has 1 aromatic rings. The van der Waals surface area contributed by atoms with E-state index in [1.165, 1.54) is 0 Å². The van der Waals surface area contributed by atoms with Gasteiger partial charge in [-0.05, 0) is 26.8 Å². The van der Waals surface area contributed by atoms with Crippen molar-refractivity contribution in [3.63, 3.8) is 0 Å². The topological polar surface area (TPSA) is 52.5 Å². The van der Waals surface area contributed by atoms with Crippen LogP contribution in [-0.4, -0.2) is 22.4 Å². The van der Waals surface area contributed by atoms with Gasteiger partial charge in [-0.2, -0.15) is 0 Å². The highest BCUT2D eigenvalue weighted by Gasteiger charge is 2.11. The van der Waals surface area contributed by atoms with Gasteiger partial charge in [0, 0.05) is 18.7 Å². The summed E-state index contributed by atoms with van der Waals surface area (Å²) in [5.74, 6) is 0.295. The summed E-state index contributed by atoms with van der Waals surface area (Å²) in [7, 11) is 0. The number of hydrogen-bond donors (Lipinski definition) is 3. The molecule has 0 aliphatic carbocycles. The van der Waals surface area contributed by atoms with E-state index in [1.54, 1.807) is 19.9 Å². The van der Waals surface area contributed by atoms with Gasteiger partial charge < -0.3 is 15.5 Å². The van der Waals surface area contributed by atoms with Crippen LogP contribution in [0.15, 0.2) is 18.2 Å². The van der Waals surface area contributed by atoms with E-state index in [0.29, 0.717) is 18.8 Å². The highest BCUT2D eigenvalue weighted by molar-refractivity contribution is 5.35. The molecule has 84 valence electrons. The third-order valence-electron chi connectivity index (χ3n) is 2.11. The van der Waals surface area contributed by atoms with Crippen LogP contribution >= 0.6 is 0 Å². The lowest BCUT2D eigenvalue weighted by Crippen LogP contribution is -2.34. The van der Waals surface area contributed by atoms with Crippen LogP contribution in [0, 0.1) is 6.92 Å². The highest BCUT2D eigenvalue weighted by atomic mass is 16.3. The van der Waals surface area contributed by atoms with Crippen LogP contribution in [0.25, 0.3) is 0 Å². The van der Waals surface area contributed by atoms with Crippen molar-refractivity contribution in [2.24, 2.45) is 0 Å². The Kier molecular flexibility index (Phi) is 3.72. The average Bonchev–Trinajstić information content (AvgIpc) is 2.09. The highest BCUT2D eigenvalue weighted by Crippen LogP contribution is 2.17. The molecule has 3 heteroatoms. The van der Waals surface area contributed by atoms with Crippen LogP contribution in [0.3, 0.4) is 0 Å². The number of aryl methyl sites for hydroxylation is 1. The molecule has 0 spiro atoms. The SMILES string of the molecule is Cc1ccc(O)c(CNCC(C)(C)O)c1. The molecule has 0 aliphatic rings. The molecule has 0 heterocycles. The van der Waals surface area contributed by atoms with Gasteiger partial charge >= 0.3 is 0 Å². The van der Waals surface area contributed by atoms with Gasteiger partial charge in [-0.1, -0.05) is 17.7 Å². The first-order chi connectivity index (χ1) is 6.88. The smallest absolute Gasteiger partial charge is 0.120 e. The van der Waals surface area contributed by atoms with Crippen molar-refractivity contribution in [2.75, 3.05) is 6.54 Å². The van der Waals surface area contributed by atoms with Crippen molar-refractivity contribution in [3.8, 4) is 5.75 Å². The summed E-state index contributed by atoms with van der Waals surface area (Å²) in [6, 6.07) is 5.50. The maximum atomic E-state index is 9.56. The summed E-state index contributed by atoms with van der Waals surface area (Å²) in [6.07, 6.45) is 0. The number of phenolic OH excluding ortho intramolecular Hbond substituents is 1. The molecule has 15 heavy (non-hydrogen) atoms. The minimum Gasteiger partial charge on any atom is -0.508 e. The normalized spacial score (nSPS) is 11.7. The second kappa shape index (κ2) is 4.64. The minimum absolute atomic E-state index is 0.295. The monoisotopic (exact) mass is 209 g/mol. The Hall–Kier alpha value is -1.06. The first kappa shape index (κ1) is 12.0. The van der Waals surface area contributed by atoms with Gasteiger partial charge in [0.1, 0.15) is 5.75 Å². The summed E-state index contributed by atoms with van der Waals surface area (Å²) in [6.45, 7) is 6.54. The fraction of sp³-hybridized carbons (Fsp3) is 0.500. The maximum Gasteiger partial charge on any atom is 0.120 e.